The van der Waals surface area contributed by atoms with Gasteiger partial charge in [-0.3, -0.25) is 9.59 Å². The molecule has 1 amide bonds. The molecule has 0 aliphatic carbocycles. The summed E-state index contributed by atoms with van der Waals surface area (Å²) >= 11 is 0. The van der Waals surface area contributed by atoms with E-state index in [1.54, 1.807) is 24.3 Å². The molecule has 0 saturated heterocycles. The number of esters is 1. The van der Waals surface area contributed by atoms with E-state index in [4.69, 9.17) is 4.74 Å². The quantitative estimate of drug-likeness (QED) is 0.310. The first-order valence-electron chi connectivity index (χ1n) is 10.3. The Kier molecular flexibility index (Phi) is 6.40. The van der Waals surface area contributed by atoms with Gasteiger partial charge in [0.25, 0.3) is 5.91 Å². The van der Waals surface area contributed by atoms with Crippen LogP contribution in [0.4, 0.5) is 17.2 Å². The molecule has 164 valence electrons. The van der Waals surface area contributed by atoms with Gasteiger partial charge in [-0.25, -0.2) is 9.97 Å². The van der Waals surface area contributed by atoms with E-state index in [0.29, 0.717) is 28.6 Å². The van der Waals surface area contributed by atoms with E-state index in [9.17, 15) is 9.59 Å². The highest BCUT2D eigenvalue weighted by atomic mass is 16.5. The van der Waals surface area contributed by atoms with Crippen molar-refractivity contribution in [3.8, 4) is 17.0 Å². The van der Waals surface area contributed by atoms with Crippen molar-refractivity contribution >= 4 is 29.1 Å². The smallest absolute Gasteiger partial charge is 0.308 e. The lowest BCUT2D eigenvalue weighted by Crippen LogP contribution is -2.12. The minimum absolute atomic E-state index is 0.314. The fourth-order valence-electron chi connectivity index (χ4n) is 3.28. The first-order valence-corrected chi connectivity index (χ1v) is 10.3. The average Bonchev–Trinajstić information content (AvgIpc) is 2.79. The molecule has 0 radical (unpaired) electrons. The molecule has 4 aromatic rings. The van der Waals surface area contributed by atoms with Crippen molar-refractivity contribution in [3.05, 3.63) is 96.3 Å². The summed E-state index contributed by atoms with van der Waals surface area (Å²) in [6.07, 6.45) is 0. The summed E-state index contributed by atoms with van der Waals surface area (Å²) in [6.45, 7) is 3.16. The van der Waals surface area contributed by atoms with Gasteiger partial charge in [-0.2, -0.15) is 0 Å². The van der Waals surface area contributed by atoms with Gasteiger partial charge in [0.05, 0.1) is 5.69 Å². The van der Waals surface area contributed by atoms with Gasteiger partial charge < -0.3 is 15.4 Å². The van der Waals surface area contributed by atoms with Crippen LogP contribution in [0.3, 0.4) is 0 Å². The number of carbonyl (C=O) groups is 2. The second-order valence-corrected chi connectivity index (χ2v) is 7.33. The van der Waals surface area contributed by atoms with Crippen molar-refractivity contribution in [2.75, 3.05) is 10.6 Å². The maximum atomic E-state index is 12.7. The molecule has 0 saturated carbocycles. The lowest BCUT2D eigenvalue weighted by molar-refractivity contribution is -0.131. The molecule has 33 heavy (non-hydrogen) atoms. The average molecular weight is 438 g/mol. The van der Waals surface area contributed by atoms with E-state index in [1.165, 1.54) is 13.0 Å². The number of rotatable bonds is 6. The first kappa shape index (κ1) is 21.7. The highest BCUT2D eigenvalue weighted by Crippen LogP contribution is 2.24. The Labute approximate surface area is 191 Å². The number of carbonyl (C=O) groups excluding carboxylic acids is 2. The topological polar surface area (TPSA) is 93.2 Å². The van der Waals surface area contributed by atoms with Gasteiger partial charge in [0.15, 0.2) is 0 Å². The number of anilines is 3. The first-order chi connectivity index (χ1) is 16.0. The zero-order valence-electron chi connectivity index (χ0n) is 18.2. The SMILES string of the molecule is CC(=O)Oc1cccc(C(=O)Nc2cccc(Nc3cc(-c4ccccc4)nc(C)n3)c2)c1. The van der Waals surface area contributed by atoms with E-state index in [2.05, 4.69) is 20.6 Å². The van der Waals surface area contributed by atoms with Crippen molar-refractivity contribution in [1.29, 1.82) is 0 Å². The molecule has 7 heteroatoms. The third kappa shape index (κ3) is 5.80. The maximum Gasteiger partial charge on any atom is 0.308 e. The molecule has 4 rings (SSSR count). The number of aromatic nitrogens is 2. The third-order valence-electron chi connectivity index (χ3n) is 4.66. The fraction of sp³-hybridized carbons (Fsp3) is 0.0769. The van der Waals surface area contributed by atoms with E-state index in [-0.39, 0.29) is 5.91 Å². The van der Waals surface area contributed by atoms with Crippen molar-refractivity contribution in [3.63, 3.8) is 0 Å². The monoisotopic (exact) mass is 438 g/mol. The van der Waals surface area contributed by atoms with Crippen molar-refractivity contribution in [2.24, 2.45) is 0 Å². The van der Waals surface area contributed by atoms with Crippen molar-refractivity contribution < 1.29 is 14.3 Å². The third-order valence-corrected chi connectivity index (χ3v) is 4.66. The van der Waals surface area contributed by atoms with Crippen LogP contribution in [0.15, 0.2) is 84.9 Å². The lowest BCUT2D eigenvalue weighted by Gasteiger charge is -2.11. The summed E-state index contributed by atoms with van der Waals surface area (Å²) in [5, 5.41) is 6.14. The van der Waals surface area contributed by atoms with Crippen LogP contribution in [0.1, 0.15) is 23.1 Å². The Balaban J connectivity index is 1.50. The van der Waals surface area contributed by atoms with Gasteiger partial charge >= 0.3 is 5.97 Å². The Morgan fingerprint density at radius 1 is 0.818 bits per heavy atom. The summed E-state index contributed by atoms with van der Waals surface area (Å²) in [5.74, 6) is 0.862. The van der Waals surface area contributed by atoms with E-state index >= 15 is 0 Å². The van der Waals surface area contributed by atoms with Crippen LogP contribution in [0.5, 0.6) is 5.75 Å². The van der Waals surface area contributed by atoms with E-state index in [1.807, 2.05) is 61.5 Å². The molecule has 7 nitrogen and oxygen atoms in total. The largest absolute Gasteiger partial charge is 0.427 e. The number of benzene rings is 3. The molecule has 1 heterocycles. The van der Waals surface area contributed by atoms with Crippen LogP contribution >= 0.6 is 0 Å². The molecule has 3 aromatic carbocycles. The zero-order chi connectivity index (χ0) is 23.2. The number of ether oxygens (including phenoxy) is 1. The Bertz CT molecular complexity index is 1310. The van der Waals surface area contributed by atoms with Crippen LogP contribution in [0, 0.1) is 6.92 Å². The Morgan fingerprint density at radius 2 is 1.58 bits per heavy atom. The van der Waals surface area contributed by atoms with Crippen LogP contribution < -0.4 is 15.4 Å². The molecule has 0 fully saturated rings. The predicted molar refractivity (Wildman–Crippen MR) is 128 cm³/mol. The number of nitrogens with one attached hydrogen (secondary N) is 2. The number of aryl methyl sites for hydroxylation is 1. The van der Waals surface area contributed by atoms with Crippen molar-refractivity contribution in [1.82, 2.24) is 9.97 Å². The summed E-state index contributed by atoms with van der Waals surface area (Å²) in [6, 6.07) is 25.5. The van der Waals surface area contributed by atoms with Gasteiger partial charge in [-0.05, 0) is 43.3 Å². The second kappa shape index (κ2) is 9.74. The standard InChI is InChI=1S/C26H22N4O3/c1-17-27-24(19-8-4-3-5-9-19)16-25(28-17)29-21-11-7-12-22(15-21)30-26(32)20-10-6-13-23(14-20)33-18(2)31/h3-16H,1-2H3,(H,30,32)(H,27,28,29). The zero-order valence-corrected chi connectivity index (χ0v) is 18.2. The molecular formula is C26H22N4O3. The second-order valence-electron chi connectivity index (χ2n) is 7.33. The number of hydrogen-bond donors (Lipinski definition) is 2. The molecule has 0 aliphatic rings. The van der Waals surface area contributed by atoms with Gasteiger partial charge in [0.2, 0.25) is 0 Å². The van der Waals surface area contributed by atoms with Crippen molar-refractivity contribution in [2.45, 2.75) is 13.8 Å². The number of hydrogen-bond acceptors (Lipinski definition) is 6. The summed E-state index contributed by atoms with van der Waals surface area (Å²) in [4.78, 5) is 32.8. The highest BCUT2D eigenvalue weighted by Gasteiger charge is 2.10. The van der Waals surface area contributed by atoms with E-state index in [0.717, 1.165) is 16.9 Å². The fourth-order valence-corrected chi connectivity index (χ4v) is 3.28. The molecule has 0 spiro atoms. The molecule has 1 aromatic heterocycles. The molecule has 2 N–H and O–H groups in total. The Hall–Kier alpha value is -4.52. The normalized spacial score (nSPS) is 10.4. The number of amides is 1. The lowest BCUT2D eigenvalue weighted by atomic mass is 10.1. The van der Waals surface area contributed by atoms with Gasteiger partial charge in [-0.15, -0.1) is 0 Å². The van der Waals surface area contributed by atoms with Crippen LogP contribution in [0.2, 0.25) is 0 Å². The summed E-state index contributed by atoms with van der Waals surface area (Å²) < 4.78 is 5.05. The maximum absolute atomic E-state index is 12.7. The van der Waals surface area contributed by atoms with Crippen LogP contribution in [0.25, 0.3) is 11.3 Å². The predicted octanol–water partition coefficient (Wildman–Crippen LogP) is 5.37. The summed E-state index contributed by atoms with van der Waals surface area (Å²) in [5.41, 5.74) is 3.58. The molecule has 0 atom stereocenters. The van der Waals surface area contributed by atoms with Gasteiger partial charge in [-0.1, -0.05) is 42.5 Å². The van der Waals surface area contributed by atoms with Gasteiger partial charge in [0, 0.05) is 35.5 Å². The van der Waals surface area contributed by atoms with Gasteiger partial charge in [0.1, 0.15) is 17.4 Å². The molecule has 0 bridgehead atoms. The molecule has 0 aliphatic heterocycles. The van der Waals surface area contributed by atoms with E-state index < -0.39 is 5.97 Å². The summed E-state index contributed by atoms with van der Waals surface area (Å²) in [7, 11) is 0. The number of nitrogens with zero attached hydrogens (tertiary/aromatic N) is 2. The van der Waals surface area contributed by atoms with Crippen LogP contribution in [-0.2, 0) is 4.79 Å². The minimum Gasteiger partial charge on any atom is -0.427 e. The molecular weight excluding hydrogens is 416 g/mol. The van der Waals surface area contributed by atoms with Crippen LogP contribution in [-0.4, -0.2) is 21.8 Å². The molecule has 0 unspecified atom stereocenters. The highest BCUT2D eigenvalue weighted by molar-refractivity contribution is 6.04. The Morgan fingerprint density at radius 3 is 2.36 bits per heavy atom. The minimum atomic E-state index is -0.443.